The maximum atomic E-state index is 11.9. The molecule has 1 amide bonds. The van der Waals surface area contributed by atoms with Gasteiger partial charge in [0.2, 0.25) is 0 Å². The summed E-state index contributed by atoms with van der Waals surface area (Å²) < 4.78 is 10.4. The Morgan fingerprint density at radius 3 is 2.66 bits per heavy atom. The molecule has 3 unspecified atom stereocenters. The first-order valence-electron chi connectivity index (χ1n) is 11.2. The van der Waals surface area contributed by atoms with Crippen LogP contribution in [0.5, 0.6) is 0 Å². The number of rotatable bonds is 8. The highest BCUT2D eigenvalue weighted by Gasteiger charge is 2.41. The molecule has 1 N–H and O–H groups in total. The van der Waals surface area contributed by atoms with Crippen molar-refractivity contribution in [3.05, 3.63) is 0 Å². The molecule has 8 nitrogen and oxygen atoms in total. The number of esters is 1. The number of likely N-dealkylation sites (N-methyl/N-ethyl adjacent to an activating group) is 1. The molecule has 0 aromatic rings. The van der Waals surface area contributed by atoms with Crippen LogP contribution in [0.15, 0.2) is 0 Å². The van der Waals surface area contributed by atoms with Gasteiger partial charge in [-0.3, -0.25) is 14.6 Å². The Bertz CT molecular complexity index is 555. The van der Waals surface area contributed by atoms with Gasteiger partial charge in [0, 0.05) is 39.1 Å². The molecule has 3 heterocycles. The highest BCUT2D eigenvalue weighted by molar-refractivity contribution is 5.69. The average molecular weight is 411 g/mol. The number of nitrogens with one attached hydrogen (secondary N) is 1. The SMILES string of the molecule is CCC(C1CCNCC1)C1CN(C2CN(C)C(=O)O2)CCN1CCCC(=O)OC. The number of hydrogen-bond acceptors (Lipinski definition) is 7. The van der Waals surface area contributed by atoms with Crippen molar-refractivity contribution in [1.82, 2.24) is 20.0 Å². The average Bonchev–Trinajstić information content (AvgIpc) is 3.08. The number of piperidine rings is 1. The van der Waals surface area contributed by atoms with Gasteiger partial charge >= 0.3 is 12.1 Å². The molecule has 3 atom stereocenters. The molecule has 0 aliphatic carbocycles. The number of carbonyl (C=O) groups excluding carboxylic acids is 2. The molecule has 8 heteroatoms. The molecule has 3 aliphatic heterocycles. The van der Waals surface area contributed by atoms with Crippen molar-refractivity contribution in [2.45, 2.75) is 51.3 Å². The Balaban J connectivity index is 1.68. The second kappa shape index (κ2) is 10.6. The van der Waals surface area contributed by atoms with Crippen LogP contribution in [0.25, 0.3) is 0 Å². The smallest absolute Gasteiger partial charge is 0.411 e. The minimum Gasteiger partial charge on any atom is -0.469 e. The monoisotopic (exact) mass is 410 g/mol. The molecular formula is C21H38N4O4. The first-order valence-corrected chi connectivity index (χ1v) is 11.2. The summed E-state index contributed by atoms with van der Waals surface area (Å²) in [5.74, 6) is 1.21. The summed E-state index contributed by atoms with van der Waals surface area (Å²) in [4.78, 5) is 30.0. The van der Waals surface area contributed by atoms with E-state index in [0.717, 1.165) is 58.0 Å². The molecule has 0 radical (unpaired) electrons. The lowest BCUT2D eigenvalue weighted by atomic mass is 9.77. The van der Waals surface area contributed by atoms with Gasteiger partial charge in [-0.2, -0.15) is 0 Å². The third-order valence-electron chi connectivity index (χ3n) is 6.96. The first kappa shape index (κ1) is 22.3. The third kappa shape index (κ3) is 5.61. The molecule has 166 valence electrons. The molecule has 0 aromatic carbocycles. The number of ether oxygens (including phenoxy) is 2. The molecule has 0 bridgehead atoms. The van der Waals surface area contributed by atoms with E-state index in [0.29, 0.717) is 24.9 Å². The Kier molecular flexibility index (Phi) is 8.15. The van der Waals surface area contributed by atoms with E-state index in [9.17, 15) is 9.59 Å². The van der Waals surface area contributed by atoms with Crippen LogP contribution >= 0.6 is 0 Å². The lowest BCUT2D eigenvalue weighted by molar-refractivity contribution is -0.140. The Labute approximate surface area is 174 Å². The fourth-order valence-electron chi connectivity index (χ4n) is 5.28. The van der Waals surface area contributed by atoms with Gasteiger partial charge in [-0.15, -0.1) is 0 Å². The molecule has 3 fully saturated rings. The summed E-state index contributed by atoms with van der Waals surface area (Å²) >= 11 is 0. The second-order valence-electron chi connectivity index (χ2n) is 8.66. The van der Waals surface area contributed by atoms with Crippen LogP contribution in [0.3, 0.4) is 0 Å². The van der Waals surface area contributed by atoms with E-state index < -0.39 is 0 Å². The summed E-state index contributed by atoms with van der Waals surface area (Å²) in [6, 6.07) is 0.430. The van der Waals surface area contributed by atoms with E-state index in [4.69, 9.17) is 9.47 Å². The Morgan fingerprint density at radius 2 is 2.03 bits per heavy atom. The molecular weight excluding hydrogens is 372 g/mol. The number of methoxy groups -OCH3 is 1. The van der Waals surface area contributed by atoms with Gasteiger partial charge in [-0.05, 0) is 50.7 Å². The largest absolute Gasteiger partial charge is 0.469 e. The fourth-order valence-corrected chi connectivity index (χ4v) is 5.28. The molecule has 3 saturated heterocycles. The summed E-state index contributed by atoms with van der Waals surface area (Å²) in [6.07, 6.45) is 4.54. The van der Waals surface area contributed by atoms with Crippen molar-refractivity contribution in [3.63, 3.8) is 0 Å². The van der Waals surface area contributed by atoms with E-state index in [2.05, 4.69) is 22.0 Å². The Morgan fingerprint density at radius 1 is 1.28 bits per heavy atom. The van der Waals surface area contributed by atoms with Gasteiger partial charge in [0.1, 0.15) is 0 Å². The predicted octanol–water partition coefficient (Wildman–Crippen LogP) is 1.36. The number of cyclic esters (lactones) is 1. The van der Waals surface area contributed by atoms with Crippen LogP contribution in [-0.4, -0.2) is 99.0 Å². The van der Waals surface area contributed by atoms with E-state index in [1.165, 1.54) is 20.0 Å². The Hall–Kier alpha value is -1.38. The normalized spacial score (nSPS) is 28.4. The van der Waals surface area contributed by atoms with Crippen molar-refractivity contribution in [1.29, 1.82) is 0 Å². The zero-order valence-electron chi connectivity index (χ0n) is 18.3. The molecule has 29 heavy (non-hydrogen) atoms. The quantitative estimate of drug-likeness (QED) is 0.606. The first-order chi connectivity index (χ1) is 14.0. The van der Waals surface area contributed by atoms with Crippen LogP contribution < -0.4 is 5.32 Å². The van der Waals surface area contributed by atoms with E-state index in [1.807, 2.05) is 0 Å². The van der Waals surface area contributed by atoms with Crippen LogP contribution in [-0.2, 0) is 14.3 Å². The number of carbonyl (C=O) groups is 2. The summed E-state index contributed by atoms with van der Waals surface area (Å²) in [6.45, 7) is 8.83. The summed E-state index contributed by atoms with van der Waals surface area (Å²) in [5.41, 5.74) is 0. The lowest BCUT2D eigenvalue weighted by Crippen LogP contribution is -2.60. The fraction of sp³-hybridized carbons (Fsp3) is 0.905. The minimum atomic E-state index is -0.225. The zero-order chi connectivity index (χ0) is 20.8. The highest BCUT2D eigenvalue weighted by Crippen LogP contribution is 2.33. The summed E-state index contributed by atoms with van der Waals surface area (Å²) in [5, 5.41) is 3.49. The van der Waals surface area contributed by atoms with Gasteiger partial charge in [-0.1, -0.05) is 13.3 Å². The van der Waals surface area contributed by atoms with Crippen LogP contribution in [0.4, 0.5) is 4.79 Å². The minimum absolute atomic E-state index is 0.133. The molecule has 0 spiro atoms. The van der Waals surface area contributed by atoms with Crippen molar-refractivity contribution >= 4 is 12.1 Å². The molecule has 0 saturated carbocycles. The maximum Gasteiger partial charge on any atom is 0.411 e. The van der Waals surface area contributed by atoms with Crippen LogP contribution in [0.1, 0.15) is 39.0 Å². The lowest BCUT2D eigenvalue weighted by Gasteiger charge is -2.48. The van der Waals surface area contributed by atoms with Gasteiger partial charge in [-0.25, -0.2) is 4.79 Å². The predicted molar refractivity (Wildman–Crippen MR) is 110 cm³/mol. The van der Waals surface area contributed by atoms with Crippen molar-refractivity contribution < 1.29 is 19.1 Å². The van der Waals surface area contributed by atoms with Gasteiger partial charge in [0.25, 0.3) is 0 Å². The van der Waals surface area contributed by atoms with E-state index in [-0.39, 0.29) is 18.3 Å². The number of piperazine rings is 1. The topological polar surface area (TPSA) is 74.4 Å². The van der Waals surface area contributed by atoms with Crippen LogP contribution in [0, 0.1) is 11.8 Å². The van der Waals surface area contributed by atoms with Gasteiger partial charge in [0.05, 0.1) is 13.7 Å². The molecule has 0 aromatic heterocycles. The van der Waals surface area contributed by atoms with Crippen molar-refractivity contribution in [2.75, 3.05) is 60.0 Å². The van der Waals surface area contributed by atoms with Crippen LogP contribution in [0.2, 0.25) is 0 Å². The second-order valence-corrected chi connectivity index (χ2v) is 8.66. The van der Waals surface area contributed by atoms with E-state index in [1.54, 1.807) is 11.9 Å². The number of hydrogen-bond donors (Lipinski definition) is 1. The molecule has 3 aliphatic rings. The van der Waals surface area contributed by atoms with Gasteiger partial charge in [0.15, 0.2) is 6.23 Å². The van der Waals surface area contributed by atoms with E-state index >= 15 is 0 Å². The van der Waals surface area contributed by atoms with Crippen molar-refractivity contribution in [3.8, 4) is 0 Å². The number of nitrogens with zero attached hydrogens (tertiary/aromatic N) is 3. The van der Waals surface area contributed by atoms with Crippen molar-refractivity contribution in [2.24, 2.45) is 11.8 Å². The molecule has 3 rings (SSSR count). The standard InChI is InChI=1S/C21H38N4O4/c1-4-17(16-7-9-22-10-8-16)18-14-25(19-15-23(2)21(27)29-19)13-12-24(18)11-5-6-20(26)28-3/h16-19,22H,4-15H2,1-3H3. The summed E-state index contributed by atoms with van der Waals surface area (Å²) in [7, 11) is 3.25. The maximum absolute atomic E-state index is 11.9. The van der Waals surface area contributed by atoms with Gasteiger partial charge < -0.3 is 19.7 Å². The number of amides is 1. The zero-order valence-corrected chi connectivity index (χ0v) is 18.3. The highest BCUT2D eigenvalue weighted by atomic mass is 16.6. The third-order valence-corrected chi connectivity index (χ3v) is 6.96.